The van der Waals surface area contributed by atoms with Gasteiger partial charge in [0.2, 0.25) is 0 Å². The van der Waals surface area contributed by atoms with Crippen molar-refractivity contribution < 1.29 is 4.74 Å². The largest absolute Gasteiger partial charge is 0.453 e. The van der Waals surface area contributed by atoms with Gasteiger partial charge in [-0.05, 0) is 32.9 Å². The highest BCUT2D eigenvalue weighted by Crippen LogP contribution is 2.29. The molecular weight excluding hydrogens is 252 g/mol. The third-order valence-corrected chi connectivity index (χ3v) is 3.26. The molecule has 0 atom stereocenters. The van der Waals surface area contributed by atoms with Crippen LogP contribution in [0.4, 0.5) is 0 Å². The van der Waals surface area contributed by atoms with Gasteiger partial charge in [0.05, 0.1) is 5.69 Å². The number of rotatable bonds is 6. The van der Waals surface area contributed by atoms with E-state index in [4.69, 9.17) is 4.74 Å². The molecule has 2 heterocycles. The van der Waals surface area contributed by atoms with Crippen molar-refractivity contribution in [2.24, 2.45) is 7.05 Å². The van der Waals surface area contributed by atoms with E-state index in [1.807, 2.05) is 37.8 Å². The van der Waals surface area contributed by atoms with Crippen LogP contribution in [0.3, 0.4) is 0 Å². The molecule has 0 spiro atoms. The fourth-order valence-corrected chi connectivity index (χ4v) is 2.06. The molecule has 0 fully saturated rings. The van der Waals surface area contributed by atoms with E-state index in [1.54, 1.807) is 6.20 Å². The van der Waals surface area contributed by atoms with Crippen LogP contribution in [-0.4, -0.2) is 21.3 Å². The van der Waals surface area contributed by atoms with Gasteiger partial charge in [-0.1, -0.05) is 6.92 Å². The topological polar surface area (TPSA) is 52.0 Å². The first kappa shape index (κ1) is 14.5. The molecule has 0 aromatic carbocycles. The predicted molar refractivity (Wildman–Crippen MR) is 79.0 cm³/mol. The molecule has 2 aromatic heterocycles. The van der Waals surface area contributed by atoms with Crippen molar-refractivity contribution in [3.05, 3.63) is 35.4 Å². The lowest BCUT2D eigenvalue weighted by Gasteiger charge is -2.11. The van der Waals surface area contributed by atoms with Gasteiger partial charge in [-0.3, -0.25) is 9.67 Å². The van der Waals surface area contributed by atoms with E-state index < -0.39 is 0 Å². The summed E-state index contributed by atoms with van der Waals surface area (Å²) in [7, 11) is 1.92. The lowest BCUT2D eigenvalue weighted by Crippen LogP contribution is -2.14. The second-order valence-electron chi connectivity index (χ2n) is 4.89. The fraction of sp³-hybridized carbons (Fsp3) is 0.467. The molecule has 5 heteroatoms. The third kappa shape index (κ3) is 3.17. The number of hydrogen-bond acceptors (Lipinski definition) is 4. The summed E-state index contributed by atoms with van der Waals surface area (Å²) < 4.78 is 7.89. The number of nitrogens with one attached hydrogen (secondary N) is 1. The molecule has 0 amide bonds. The van der Waals surface area contributed by atoms with Gasteiger partial charge in [0.25, 0.3) is 0 Å². The number of aromatic nitrogens is 3. The van der Waals surface area contributed by atoms with Crippen molar-refractivity contribution in [3.63, 3.8) is 0 Å². The molecule has 0 aliphatic carbocycles. The summed E-state index contributed by atoms with van der Waals surface area (Å²) in [6.45, 7) is 7.86. The second kappa shape index (κ2) is 6.52. The minimum atomic E-state index is 0.759. The summed E-state index contributed by atoms with van der Waals surface area (Å²) in [5, 5.41) is 7.74. The number of hydrogen-bond donors (Lipinski definition) is 1. The Balaban J connectivity index is 2.20. The molecule has 0 radical (unpaired) electrons. The standard InChI is InChI=1S/C15H22N4O/c1-5-7-16-9-13-10-17-8-6-14(13)20-15-11(2)18-19(4)12(15)3/h6,8,10,16H,5,7,9H2,1-4H3. The Hall–Kier alpha value is -1.88. The molecular formula is C15H22N4O. The number of pyridine rings is 1. The van der Waals surface area contributed by atoms with Gasteiger partial charge in [-0.2, -0.15) is 5.10 Å². The van der Waals surface area contributed by atoms with Crippen LogP contribution >= 0.6 is 0 Å². The van der Waals surface area contributed by atoms with E-state index in [0.717, 1.165) is 48.0 Å². The zero-order chi connectivity index (χ0) is 14.5. The summed E-state index contributed by atoms with van der Waals surface area (Å²) in [5.41, 5.74) is 2.98. The van der Waals surface area contributed by atoms with Crippen LogP contribution < -0.4 is 10.1 Å². The Morgan fingerprint density at radius 2 is 2.15 bits per heavy atom. The van der Waals surface area contributed by atoms with Crippen LogP contribution in [0.25, 0.3) is 0 Å². The molecule has 0 saturated heterocycles. The lowest BCUT2D eigenvalue weighted by molar-refractivity contribution is 0.463. The maximum Gasteiger partial charge on any atom is 0.171 e. The Bertz CT molecular complexity index is 577. The summed E-state index contributed by atoms with van der Waals surface area (Å²) in [6, 6.07) is 1.90. The monoisotopic (exact) mass is 274 g/mol. The molecule has 0 bridgehead atoms. The molecule has 0 saturated carbocycles. The molecule has 20 heavy (non-hydrogen) atoms. The molecule has 2 rings (SSSR count). The van der Waals surface area contributed by atoms with Crippen LogP contribution in [0.5, 0.6) is 11.5 Å². The molecule has 108 valence electrons. The minimum absolute atomic E-state index is 0.759. The van der Waals surface area contributed by atoms with Crippen LogP contribution in [0.1, 0.15) is 30.3 Å². The highest BCUT2D eigenvalue weighted by molar-refractivity contribution is 5.40. The highest BCUT2D eigenvalue weighted by Gasteiger charge is 2.13. The normalized spacial score (nSPS) is 10.8. The fourth-order valence-electron chi connectivity index (χ4n) is 2.06. The highest BCUT2D eigenvalue weighted by atomic mass is 16.5. The summed E-state index contributed by atoms with van der Waals surface area (Å²) in [4.78, 5) is 4.17. The van der Waals surface area contributed by atoms with Crippen LogP contribution in [0.2, 0.25) is 0 Å². The summed E-state index contributed by atoms with van der Waals surface area (Å²) >= 11 is 0. The molecule has 0 aliphatic rings. The van der Waals surface area contributed by atoms with E-state index in [9.17, 15) is 0 Å². The average molecular weight is 274 g/mol. The Kier molecular flexibility index (Phi) is 4.74. The van der Waals surface area contributed by atoms with Crippen LogP contribution in [0, 0.1) is 13.8 Å². The van der Waals surface area contributed by atoms with Gasteiger partial charge in [0, 0.05) is 31.5 Å². The SMILES string of the molecule is CCCNCc1cnccc1Oc1c(C)nn(C)c1C. The molecule has 0 aliphatic heterocycles. The minimum Gasteiger partial charge on any atom is -0.453 e. The van der Waals surface area contributed by atoms with Gasteiger partial charge in [-0.15, -0.1) is 0 Å². The van der Waals surface area contributed by atoms with Gasteiger partial charge >= 0.3 is 0 Å². The van der Waals surface area contributed by atoms with Crippen molar-refractivity contribution in [1.82, 2.24) is 20.1 Å². The number of ether oxygens (including phenoxy) is 1. The van der Waals surface area contributed by atoms with Crippen LogP contribution in [-0.2, 0) is 13.6 Å². The first-order chi connectivity index (χ1) is 9.63. The van der Waals surface area contributed by atoms with Crippen molar-refractivity contribution in [1.29, 1.82) is 0 Å². The van der Waals surface area contributed by atoms with Crippen LogP contribution in [0.15, 0.2) is 18.5 Å². The Labute approximate surface area is 120 Å². The molecule has 2 aromatic rings. The number of aryl methyl sites for hydroxylation is 2. The van der Waals surface area contributed by atoms with Crippen molar-refractivity contribution in [2.75, 3.05) is 6.54 Å². The van der Waals surface area contributed by atoms with Crippen molar-refractivity contribution in [3.8, 4) is 11.5 Å². The van der Waals surface area contributed by atoms with E-state index in [-0.39, 0.29) is 0 Å². The zero-order valence-electron chi connectivity index (χ0n) is 12.6. The zero-order valence-corrected chi connectivity index (χ0v) is 12.6. The van der Waals surface area contributed by atoms with Crippen molar-refractivity contribution in [2.45, 2.75) is 33.7 Å². The maximum absolute atomic E-state index is 6.06. The first-order valence-corrected chi connectivity index (χ1v) is 6.95. The van der Waals surface area contributed by atoms with Crippen molar-refractivity contribution >= 4 is 0 Å². The summed E-state index contributed by atoms with van der Waals surface area (Å²) in [5.74, 6) is 1.67. The molecule has 1 N–H and O–H groups in total. The van der Waals surface area contributed by atoms with Gasteiger partial charge in [-0.25, -0.2) is 0 Å². The van der Waals surface area contributed by atoms with Gasteiger partial charge in [0.15, 0.2) is 5.75 Å². The Morgan fingerprint density at radius 3 is 2.80 bits per heavy atom. The predicted octanol–water partition coefficient (Wildman–Crippen LogP) is 2.72. The van der Waals surface area contributed by atoms with Gasteiger partial charge < -0.3 is 10.1 Å². The first-order valence-electron chi connectivity index (χ1n) is 6.95. The maximum atomic E-state index is 6.06. The third-order valence-electron chi connectivity index (χ3n) is 3.26. The summed E-state index contributed by atoms with van der Waals surface area (Å²) in [6.07, 6.45) is 4.70. The van der Waals surface area contributed by atoms with E-state index in [1.165, 1.54) is 0 Å². The quantitative estimate of drug-likeness (QED) is 0.823. The Morgan fingerprint density at radius 1 is 1.35 bits per heavy atom. The number of nitrogens with zero attached hydrogens (tertiary/aromatic N) is 3. The smallest absolute Gasteiger partial charge is 0.171 e. The van der Waals surface area contributed by atoms with E-state index >= 15 is 0 Å². The van der Waals surface area contributed by atoms with E-state index in [2.05, 4.69) is 22.3 Å². The molecule has 5 nitrogen and oxygen atoms in total. The second-order valence-corrected chi connectivity index (χ2v) is 4.89. The van der Waals surface area contributed by atoms with E-state index in [0.29, 0.717) is 0 Å². The molecule has 0 unspecified atom stereocenters. The lowest BCUT2D eigenvalue weighted by atomic mass is 10.2. The average Bonchev–Trinajstić information content (AvgIpc) is 2.67. The van der Waals surface area contributed by atoms with Gasteiger partial charge in [0.1, 0.15) is 11.4 Å².